The zero-order chi connectivity index (χ0) is 23.0. The molecular formula is C22H22N4O4S2. The molecule has 0 amide bonds. The first-order valence-electron chi connectivity index (χ1n) is 9.93. The van der Waals surface area contributed by atoms with E-state index in [1.807, 2.05) is 35.7 Å². The van der Waals surface area contributed by atoms with Crippen molar-refractivity contribution in [2.75, 3.05) is 14.1 Å². The molecule has 32 heavy (non-hydrogen) atoms. The van der Waals surface area contributed by atoms with Crippen molar-refractivity contribution < 1.29 is 8.42 Å². The Morgan fingerprint density at radius 3 is 2.31 bits per heavy atom. The van der Waals surface area contributed by atoms with Gasteiger partial charge < -0.3 is 4.57 Å². The van der Waals surface area contributed by atoms with Crippen LogP contribution < -0.4 is 11.1 Å². The Balaban J connectivity index is 1.90. The summed E-state index contributed by atoms with van der Waals surface area (Å²) in [6.45, 7) is 2.12. The quantitative estimate of drug-likeness (QED) is 0.404. The molecule has 166 valence electrons. The van der Waals surface area contributed by atoms with Crippen molar-refractivity contribution in [1.29, 1.82) is 0 Å². The van der Waals surface area contributed by atoms with E-state index in [9.17, 15) is 18.0 Å². The van der Waals surface area contributed by atoms with Gasteiger partial charge in [0.1, 0.15) is 5.01 Å². The van der Waals surface area contributed by atoms with Gasteiger partial charge in [0.25, 0.3) is 0 Å². The van der Waals surface area contributed by atoms with Crippen LogP contribution >= 0.6 is 11.3 Å². The zero-order valence-corrected chi connectivity index (χ0v) is 19.5. The normalized spacial score (nSPS) is 12.0. The maximum atomic E-state index is 13.0. The van der Waals surface area contributed by atoms with Gasteiger partial charge in [0.2, 0.25) is 10.0 Å². The largest absolute Gasteiger partial charge is 0.317 e. The average Bonchev–Trinajstić information content (AvgIpc) is 3.26. The second kappa shape index (κ2) is 8.45. The number of hydrogen-bond acceptors (Lipinski definition) is 6. The minimum atomic E-state index is -3.72. The lowest BCUT2D eigenvalue weighted by Crippen LogP contribution is -2.41. The summed E-state index contributed by atoms with van der Waals surface area (Å²) in [6.07, 6.45) is 0. The molecule has 0 aliphatic rings. The summed E-state index contributed by atoms with van der Waals surface area (Å²) < 4.78 is 29.1. The Morgan fingerprint density at radius 1 is 0.969 bits per heavy atom. The van der Waals surface area contributed by atoms with E-state index in [2.05, 4.69) is 4.98 Å². The second-order valence-corrected chi connectivity index (χ2v) is 10.4. The third kappa shape index (κ3) is 3.81. The summed E-state index contributed by atoms with van der Waals surface area (Å²) in [5.41, 5.74) is 1.07. The van der Waals surface area contributed by atoms with Gasteiger partial charge in [0.15, 0.2) is 0 Å². The van der Waals surface area contributed by atoms with E-state index in [1.165, 1.54) is 46.7 Å². The first kappa shape index (κ1) is 22.1. The topological polar surface area (TPSA) is 94.3 Å². The van der Waals surface area contributed by atoms with Gasteiger partial charge in [-0.05, 0) is 25.1 Å². The van der Waals surface area contributed by atoms with Crippen molar-refractivity contribution in [2.24, 2.45) is 0 Å². The highest BCUT2D eigenvalue weighted by Gasteiger charge is 2.21. The van der Waals surface area contributed by atoms with E-state index in [4.69, 9.17) is 0 Å². The third-order valence-electron chi connectivity index (χ3n) is 5.19. The first-order chi connectivity index (χ1) is 15.2. The van der Waals surface area contributed by atoms with E-state index in [1.54, 1.807) is 13.0 Å². The number of benzene rings is 2. The molecule has 2 aromatic carbocycles. The molecule has 4 rings (SSSR count). The van der Waals surface area contributed by atoms with Gasteiger partial charge in [0, 0.05) is 31.6 Å². The van der Waals surface area contributed by atoms with Gasteiger partial charge in [0.05, 0.1) is 28.2 Å². The number of fused-ring (bicyclic) bond motifs is 1. The molecule has 0 fully saturated rings. The number of thiazole rings is 1. The zero-order valence-electron chi connectivity index (χ0n) is 17.8. The van der Waals surface area contributed by atoms with Crippen LogP contribution in [0.3, 0.4) is 0 Å². The van der Waals surface area contributed by atoms with Gasteiger partial charge in [-0.25, -0.2) is 17.7 Å². The Bertz CT molecular complexity index is 1520. The molecule has 0 N–H and O–H groups in total. The molecule has 0 spiro atoms. The Labute approximate surface area is 189 Å². The highest BCUT2D eigenvalue weighted by atomic mass is 32.2. The molecule has 2 aromatic heterocycles. The Hall–Kier alpha value is -3.08. The van der Waals surface area contributed by atoms with E-state index in [0.29, 0.717) is 23.3 Å². The van der Waals surface area contributed by atoms with E-state index < -0.39 is 21.1 Å². The number of sulfonamides is 1. The maximum Gasteiger partial charge on any atom is 0.317 e. The number of rotatable bonds is 6. The summed E-state index contributed by atoms with van der Waals surface area (Å²) in [6, 6.07) is 14.1. The lowest BCUT2D eigenvalue weighted by molar-refractivity contribution is 0.521. The summed E-state index contributed by atoms with van der Waals surface area (Å²) in [7, 11) is -0.827. The van der Waals surface area contributed by atoms with Crippen LogP contribution in [-0.4, -0.2) is 40.9 Å². The van der Waals surface area contributed by atoms with Gasteiger partial charge in [-0.2, -0.15) is 0 Å². The molecule has 0 atom stereocenters. The molecule has 0 aliphatic carbocycles. The number of nitrogens with zero attached hydrogens (tertiary/aromatic N) is 4. The summed E-state index contributed by atoms with van der Waals surface area (Å²) >= 11 is 1.44. The van der Waals surface area contributed by atoms with Crippen molar-refractivity contribution in [3.05, 3.63) is 80.3 Å². The third-order valence-corrected chi connectivity index (χ3v) is 7.94. The highest BCUT2D eigenvalue weighted by molar-refractivity contribution is 7.89. The molecule has 4 aromatic rings. The van der Waals surface area contributed by atoms with Gasteiger partial charge >= 0.3 is 11.1 Å². The smallest absolute Gasteiger partial charge is 0.302 e. The van der Waals surface area contributed by atoms with Crippen molar-refractivity contribution in [1.82, 2.24) is 18.4 Å². The molecular weight excluding hydrogens is 448 g/mol. The standard InChI is InChI=1S/C22H22N4O4S2/c1-4-25-18-11-10-17(32(29,30)24(2)3)12-19(18)26(22(28)21(25)27)13-16-14-31-20(23-16)15-8-6-5-7-9-15/h5-12,14H,4,13H2,1-3H3. The first-order valence-corrected chi connectivity index (χ1v) is 12.3. The van der Waals surface area contributed by atoms with Crippen LogP contribution in [0.15, 0.2) is 68.4 Å². The predicted octanol–water partition coefficient (Wildman–Crippen LogP) is 2.61. The van der Waals surface area contributed by atoms with E-state index in [-0.39, 0.29) is 11.4 Å². The second-order valence-electron chi connectivity index (χ2n) is 7.39. The van der Waals surface area contributed by atoms with Gasteiger partial charge in [-0.3, -0.25) is 14.2 Å². The molecule has 0 saturated heterocycles. The molecule has 0 aliphatic heterocycles. The van der Waals surface area contributed by atoms with Crippen LogP contribution in [0.4, 0.5) is 0 Å². The van der Waals surface area contributed by atoms with Crippen molar-refractivity contribution in [3.63, 3.8) is 0 Å². The fourth-order valence-corrected chi connectivity index (χ4v) is 5.23. The number of hydrogen-bond donors (Lipinski definition) is 0. The van der Waals surface area contributed by atoms with E-state index in [0.717, 1.165) is 14.9 Å². The summed E-state index contributed by atoms with van der Waals surface area (Å²) in [5, 5.41) is 2.64. The predicted molar refractivity (Wildman–Crippen MR) is 126 cm³/mol. The Morgan fingerprint density at radius 2 is 1.66 bits per heavy atom. The van der Waals surface area contributed by atoms with E-state index >= 15 is 0 Å². The number of aryl methyl sites for hydroxylation is 1. The fourth-order valence-electron chi connectivity index (χ4n) is 3.49. The maximum absolute atomic E-state index is 13.0. The molecule has 10 heteroatoms. The van der Waals surface area contributed by atoms with Crippen LogP contribution in [0.1, 0.15) is 12.6 Å². The minimum Gasteiger partial charge on any atom is -0.302 e. The Kier molecular flexibility index (Phi) is 5.85. The van der Waals surface area contributed by atoms with Crippen molar-refractivity contribution in [3.8, 4) is 10.6 Å². The number of aromatic nitrogens is 3. The van der Waals surface area contributed by atoms with Crippen LogP contribution in [0.5, 0.6) is 0 Å². The molecule has 0 radical (unpaired) electrons. The van der Waals surface area contributed by atoms with Crippen molar-refractivity contribution >= 4 is 32.4 Å². The van der Waals surface area contributed by atoms with Crippen LogP contribution in [0.25, 0.3) is 21.6 Å². The molecule has 8 nitrogen and oxygen atoms in total. The summed E-state index contributed by atoms with van der Waals surface area (Å²) in [4.78, 5) is 30.4. The van der Waals surface area contributed by atoms with Crippen LogP contribution in [0.2, 0.25) is 0 Å². The lowest BCUT2D eigenvalue weighted by atomic mass is 10.2. The van der Waals surface area contributed by atoms with Gasteiger partial charge in [-0.1, -0.05) is 30.3 Å². The lowest BCUT2D eigenvalue weighted by Gasteiger charge is -2.16. The molecule has 0 unspecified atom stereocenters. The monoisotopic (exact) mass is 470 g/mol. The molecule has 2 heterocycles. The minimum absolute atomic E-state index is 0.0488. The molecule has 0 bridgehead atoms. The highest BCUT2D eigenvalue weighted by Crippen LogP contribution is 2.25. The average molecular weight is 471 g/mol. The van der Waals surface area contributed by atoms with Crippen LogP contribution in [-0.2, 0) is 23.1 Å². The fraction of sp³-hybridized carbons (Fsp3) is 0.227. The van der Waals surface area contributed by atoms with Crippen molar-refractivity contribution in [2.45, 2.75) is 24.9 Å². The SMILES string of the molecule is CCn1c(=O)c(=O)n(Cc2csc(-c3ccccc3)n2)c2cc(S(=O)(=O)N(C)C)ccc21. The summed E-state index contributed by atoms with van der Waals surface area (Å²) in [5.74, 6) is 0. The van der Waals surface area contributed by atoms with Crippen LogP contribution in [0, 0.1) is 0 Å². The molecule has 0 saturated carbocycles. The van der Waals surface area contributed by atoms with Gasteiger partial charge in [-0.15, -0.1) is 11.3 Å².